The summed E-state index contributed by atoms with van der Waals surface area (Å²) in [5.41, 5.74) is 2.54. The molecule has 0 spiro atoms. The molecule has 0 aromatic heterocycles. The van der Waals surface area contributed by atoms with E-state index in [1.54, 1.807) is 19.1 Å². The van der Waals surface area contributed by atoms with Crippen molar-refractivity contribution in [3.63, 3.8) is 0 Å². The summed E-state index contributed by atoms with van der Waals surface area (Å²) in [6.45, 7) is 3.45. The van der Waals surface area contributed by atoms with Gasteiger partial charge in [-0.15, -0.1) is 6.42 Å². The third-order valence-electron chi connectivity index (χ3n) is 1.79. The van der Waals surface area contributed by atoms with Gasteiger partial charge in [-0.3, -0.25) is 4.79 Å². The first kappa shape index (κ1) is 8.55. The van der Waals surface area contributed by atoms with Crippen molar-refractivity contribution in [2.45, 2.75) is 13.8 Å². The van der Waals surface area contributed by atoms with Gasteiger partial charge in [-0.2, -0.15) is 0 Å². The lowest BCUT2D eigenvalue weighted by Gasteiger charge is -2.00. The smallest absolute Gasteiger partial charge is 0.159 e. The van der Waals surface area contributed by atoms with E-state index in [9.17, 15) is 4.79 Å². The molecule has 0 N–H and O–H groups in total. The van der Waals surface area contributed by atoms with Gasteiger partial charge in [-0.05, 0) is 31.5 Å². The second-order valence-corrected chi connectivity index (χ2v) is 2.73. The van der Waals surface area contributed by atoms with E-state index in [1.165, 1.54) is 0 Å². The second-order valence-electron chi connectivity index (χ2n) is 2.73. The summed E-state index contributed by atoms with van der Waals surface area (Å²) < 4.78 is 0. The molecule has 0 aliphatic rings. The number of benzene rings is 1. The third kappa shape index (κ3) is 1.54. The molecule has 0 heterocycles. The zero-order chi connectivity index (χ0) is 9.14. The molecule has 0 bridgehead atoms. The van der Waals surface area contributed by atoms with Gasteiger partial charge in [-0.1, -0.05) is 12.0 Å². The van der Waals surface area contributed by atoms with E-state index in [1.807, 2.05) is 13.0 Å². The van der Waals surface area contributed by atoms with E-state index in [0.29, 0.717) is 5.56 Å². The molecule has 0 aliphatic heterocycles. The number of carbonyl (C=O) groups excluding carboxylic acids is 1. The number of carbonyl (C=O) groups is 1. The van der Waals surface area contributed by atoms with Gasteiger partial charge >= 0.3 is 0 Å². The summed E-state index contributed by atoms with van der Waals surface area (Å²) in [4.78, 5) is 10.9. The van der Waals surface area contributed by atoms with Crippen molar-refractivity contribution in [1.82, 2.24) is 0 Å². The minimum Gasteiger partial charge on any atom is -0.295 e. The summed E-state index contributed by atoms with van der Waals surface area (Å²) in [6.07, 6.45) is 5.24. The molecule has 60 valence electrons. The van der Waals surface area contributed by atoms with E-state index in [2.05, 4.69) is 5.92 Å². The third-order valence-corrected chi connectivity index (χ3v) is 1.79. The average molecular weight is 158 g/mol. The van der Waals surface area contributed by atoms with Crippen LogP contribution in [0.25, 0.3) is 0 Å². The van der Waals surface area contributed by atoms with Crippen LogP contribution in [0, 0.1) is 19.3 Å². The van der Waals surface area contributed by atoms with Crippen LogP contribution >= 0.6 is 0 Å². The van der Waals surface area contributed by atoms with Crippen molar-refractivity contribution in [2.75, 3.05) is 0 Å². The minimum absolute atomic E-state index is 0.0710. The highest BCUT2D eigenvalue weighted by atomic mass is 16.1. The van der Waals surface area contributed by atoms with Gasteiger partial charge in [0.15, 0.2) is 5.78 Å². The predicted molar refractivity (Wildman–Crippen MR) is 49.1 cm³/mol. The van der Waals surface area contributed by atoms with Crippen LogP contribution < -0.4 is 0 Å². The van der Waals surface area contributed by atoms with E-state index in [0.717, 1.165) is 11.1 Å². The van der Waals surface area contributed by atoms with E-state index in [-0.39, 0.29) is 5.78 Å². The topological polar surface area (TPSA) is 17.1 Å². The highest BCUT2D eigenvalue weighted by molar-refractivity contribution is 5.94. The lowest BCUT2D eigenvalue weighted by atomic mass is 10.0. The van der Waals surface area contributed by atoms with Gasteiger partial charge in [0.25, 0.3) is 0 Å². The van der Waals surface area contributed by atoms with Crippen molar-refractivity contribution in [2.24, 2.45) is 0 Å². The van der Waals surface area contributed by atoms with Crippen molar-refractivity contribution in [1.29, 1.82) is 0 Å². The molecule has 0 radical (unpaired) electrons. The lowest BCUT2D eigenvalue weighted by Crippen LogP contribution is -1.93. The summed E-state index contributed by atoms with van der Waals surface area (Å²) in [5.74, 6) is 2.62. The fraction of sp³-hybridized carbons (Fsp3) is 0.182. The second kappa shape index (κ2) is 3.23. The van der Waals surface area contributed by atoms with Gasteiger partial charge in [0.1, 0.15) is 0 Å². The monoisotopic (exact) mass is 158 g/mol. The molecule has 0 amide bonds. The lowest BCUT2D eigenvalue weighted by molar-refractivity contribution is 0.101. The Morgan fingerprint density at radius 3 is 2.58 bits per heavy atom. The Morgan fingerprint density at radius 1 is 1.50 bits per heavy atom. The molecule has 0 atom stereocenters. The Bertz CT molecular complexity index is 356. The number of rotatable bonds is 1. The predicted octanol–water partition coefficient (Wildman–Crippen LogP) is 2.18. The first-order chi connectivity index (χ1) is 5.65. The maximum absolute atomic E-state index is 10.9. The van der Waals surface area contributed by atoms with Crippen molar-refractivity contribution in [3.05, 3.63) is 34.9 Å². The van der Waals surface area contributed by atoms with E-state index < -0.39 is 0 Å². The first-order valence-electron chi connectivity index (χ1n) is 3.73. The number of Topliss-reactive ketones (excluding diaryl/α,β-unsaturated/α-hetero) is 1. The number of ketones is 1. The molecule has 1 nitrogen and oxygen atoms in total. The Hall–Kier alpha value is -1.55. The van der Waals surface area contributed by atoms with Crippen LogP contribution in [0.3, 0.4) is 0 Å². The number of terminal acetylenes is 1. The summed E-state index contributed by atoms with van der Waals surface area (Å²) in [5, 5.41) is 0. The molecule has 0 fully saturated rings. The van der Waals surface area contributed by atoms with Crippen molar-refractivity contribution < 1.29 is 4.79 Å². The summed E-state index contributed by atoms with van der Waals surface area (Å²) in [7, 11) is 0. The fourth-order valence-electron chi connectivity index (χ4n) is 1.04. The maximum Gasteiger partial charge on any atom is 0.159 e. The van der Waals surface area contributed by atoms with Crippen LogP contribution in [0.2, 0.25) is 0 Å². The quantitative estimate of drug-likeness (QED) is 0.452. The Labute approximate surface area is 72.4 Å². The fourth-order valence-corrected chi connectivity index (χ4v) is 1.04. The number of hydrogen-bond donors (Lipinski definition) is 0. The van der Waals surface area contributed by atoms with Gasteiger partial charge in [0, 0.05) is 11.1 Å². The Morgan fingerprint density at radius 2 is 2.17 bits per heavy atom. The highest BCUT2D eigenvalue weighted by Gasteiger charge is 2.00. The molecular weight excluding hydrogens is 148 g/mol. The van der Waals surface area contributed by atoms with Gasteiger partial charge in [-0.25, -0.2) is 0 Å². The van der Waals surface area contributed by atoms with Crippen LogP contribution in [0.1, 0.15) is 28.4 Å². The Balaban J connectivity index is 3.21. The standard InChI is InChI=1S/C11H10O/c1-4-10-5-6-11(9(3)12)7-8(10)2/h1,5-7H,2-3H3. The van der Waals surface area contributed by atoms with Crippen molar-refractivity contribution >= 4 is 5.78 Å². The zero-order valence-corrected chi connectivity index (χ0v) is 7.22. The Kier molecular flexibility index (Phi) is 2.30. The molecular formula is C11H10O. The number of aryl methyl sites for hydroxylation is 1. The molecule has 1 aromatic carbocycles. The van der Waals surface area contributed by atoms with Crippen LogP contribution in [0.5, 0.6) is 0 Å². The van der Waals surface area contributed by atoms with Crippen LogP contribution in [0.15, 0.2) is 18.2 Å². The molecule has 1 aromatic rings. The largest absolute Gasteiger partial charge is 0.295 e. The maximum atomic E-state index is 10.9. The molecule has 1 rings (SSSR count). The molecule has 0 aliphatic carbocycles. The first-order valence-corrected chi connectivity index (χ1v) is 3.73. The average Bonchev–Trinajstić information content (AvgIpc) is 2.04. The van der Waals surface area contributed by atoms with Gasteiger partial charge in [0.05, 0.1) is 0 Å². The normalized spacial score (nSPS) is 9.08. The molecule has 1 heteroatoms. The van der Waals surface area contributed by atoms with Crippen LogP contribution in [-0.2, 0) is 0 Å². The molecule has 0 unspecified atom stereocenters. The molecule has 0 saturated carbocycles. The highest BCUT2D eigenvalue weighted by Crippen LogP contribution is 2.10. The summed E-state index contributed by atoms with van der Waals surface area (Å²) >= 11 is 0. The molecule has 0 saturated heterocycles. The van der Waals surface area contributed by atoms with Crippen LogP contribution in [-0.4, -0.2) is 5.78 Å². The molecule has 12 heavy (non-hydrogen) atoms. The number of hydrogen-bond acceptors (Lipinski definition) is 1. The summed E-state index contributed by atoms with van der Waals surface area (Å²) in [6, 6.07) is 5.37. The SMILES string of the molecule is C#Cc1ccc(C(C)=O)cc1C. The minimum atomic E-state index is 0.0710. The van der Waals surface area contributed by atoms with E-state index in [4.69, 9.17) is 6.42 Å². The van der Waals surface area contributed by atoms with Crippen molar-refractivity contribution in [3.8, 4) is 12.3 Å². The van der Waals surface area contributed by atoms with E-state index >= 15 is 0 Å². The van der Waals surface area contributed by atoms with Gasteiger partial charge < -0.3 is 0 Å². The van der Waals surface area contributed by atoms with Crippen LogP contribution in [0.4, 0.5) is 0 Å². The zero-order valence-electron chi connectivity index (χ0n) is 7.22. The van der Waals surface area contributed by atoms with Gasteiger partial charge in [0.2, 0.25) is 0 Å².